The molecule has 124 valence electrons. The molecule has 1 aliphatic rings. The standard InChI is InChI=1S/C15H27N5O2/c1-11-17-13-6-5-12(9-20(13)19-11)18-14(21)16-10-15(2,3)7-8-22-4/h12H,5-10H2,1-4H3,(H2,16,18,21)/t12-/m0/s1. The lowest BCUT2D eigenvalue weighted by atomic mass is 9.90. The highest BCUT2D eigenvalue weighted by Crippen LogP contribution is 2.18. The van der Waals surface area contributed by atoms with E-state index in [1.165, 1.54) is 0 Å². The number of carbonyl (C=O) groups is 1. The Labute approximate surface area is 131 Å². The number of ether oxygens (including phenoxy) is 1. The SMILES string of the molecule is COCCC(C)(C)CNC(=O)N[C@H]1CCc2nc(C)nn2C1. The van der Waals surface area contributed by atoms with Gasteiger partial charge >= 0.3 is 6.03 Å². The van der Waals surface area contributed by atoms with Crippen molar-refractivity contribution in [2.45, 2.75) is 52.6 Å². The molecule has 0 saturated carbocycles. The lowest BCUT2D eigenvalue weighted by molar-refractivity contribution is 0.150. The van der Waals surface area contributed by atoms with Gasteiger partial charge in [0.1, 0.15) is 11.6 Å². The van der Waals surface area contributed by atoms with Gasteiger partial charge < -0.3 is 15.4 Å². The molecule has 0 aromatic carbocycles. The zero-order valence-electron chi connectivity index (χ0n) is 14.0. The molecule has 22 heavy (non-hydrogen) atoms. The second kappa shape index (κ2) is 7.09. The molecule has 0 bridgehead atoms. The Morgan fingerprint density at radius 1 is 1.50 bits per heavy atom. The van der Waals surface area contributed by atoms with Crippen molar-refractivity contribution in [2.24, 2.45) is 5.41 Å². The van der Waals surface area contributed by atoms with E-state index in [-0.39, 0.29) is 17.5 Å². The normalized spacial score (nSPS) is 17.9. The van der Waals surface area contributed by atoms with Crippen LogP contribution in [0.1, 0.15) is 38.3 Å². The summed E-state index contributed by atoms with van der Waals surface area (Å²) in [5, 5.41) is 10.3. The van der Waals surface area contributed by atoms with E-state index in [1.54, 1.807) is 7.11 Å². The summed E-state index contributed by atoms with van der Waals surface area (Å²) in [5.74, 6) is 1.80. The third-order valence-corrected chi connectivity index (χ3v) is 4.01. The smallest absolute Gasteiger partial charge is 0.315 e. The van der Waals surface area contributed by atoms with Gasteiger partial charge in [-0.25, -0.2) is 14.5 Å². The van der Waals surface area contributed by atoms with E-state index in [0.29, 0.717) is 19.7 Å². The van der Waals surface area contributed by atoms with Crippen LogP contribution < -0.4 is 10.6 Å². The van der Waals surface area contributed by atoms with Gasteiger partial charge in [0.2, 0.25) is 0 Å². The number of aromatic nitrogens is 3. The zero-order valence-corrected chi connectivity index (χ0v) is 14.0. The third-order valence-electron chi connectivity index (χ3n) is 4.01. The Balaban J connectivity index is 1.76. The van der Waals surface area contributed by atoms with Crippen LogP contribution in [-0.2, 0) is 17.7 Å². The van der Waals surface area contributed by atoms with Crippen molar-refractivity contribution in [3.8, 4) is 0 Å². The molecular formula is C15H27N5O2. The average Bonchev–Trinajstić information content (AvgIpc) is 2.82. The van der Waals surface area contributed by atoms with Gasteiger partial charge in [0.05, 0.1) is 12.6 Å². The Kier molecular flexibility index (Phi) is 5.39. The molecule has 1 aliphatic heterocycles. The number of rotatable bonds is 6. The first-order valence-corrected chi connectivity index (χ1v) is 7.83. The first-order valence-electron chi connectivity index (χ1n) is 7.83. The van der Waals surface area contributed by atoms with Crippen LogP contribution in [0.15, 0.2) is 0 Å². The van der Waals surface area contributed by atoms with Crippen molar-refractivity contribution in [3.05, 3.63) is 11.6 Å². The number of carbonyl (C=O) groups excluding carboxylic acids is 1. The molecule has 0 saturated heterocycles. The number of fused-ring (bicyclic) bond motifs is 1. The predicted octanol–water partition coefficient (Wildman–Crippen LogP) is 1.26. The minimum absolute atomic E-state index is 0.0239. The van der Waals surface area contributed by atoms with Gasteiger partial charge in [0.15, 0.2) is 0 Å². The molecule has 0 fully saturated rings. The summed E-state index contributed by atoms with van der Waals surface area (Å²) >= 11 is 0. The van der Waals surface area contributed by atoms with Gasteiger partial charge in [-0.1, -0.05) is 13.8 Å². The average molecular weight is 309 g/mol. The molecule has 2 N–H and O–H groups in total. The number of urea groups is 1. The fourth-order valence-electron chi connectivity index (χ4n) is 2.57. The van der Waals surface area contributed by atoms with Crippen LogP contribution in [0.2, 0.25) is 0 Å². The van der Waals surface area contributed by atoms with Crippen LogP contribution in [-0.4, -0.2) is 47.1 Å². The molecule has 2 amide bonds. The maximum absolute atomic E-state index is 12.1. The van der Waals surface area contributed by atoms with Crippen LogP contribution in [0.3, 0.4) is 0 Å². The van der Waals surface area contributed by atoms with Crippen molar-refractivity contribution < 1.29 is 9.53 Å². The fraction of sp³-hybridized carbons (Fsp3) is 0.800. The van der Waals surface area contributed by atoms with Crippen molar-refractivity contribution in [1.29, 1.82) is 0 Å². The molecule has 0 unspecified atom stereocenters. The van der Waals surface area contributed by atoms with Crippen molar-refractivity contribution in [1.82, 2.24) is 25.4 Å². The summed E-state index contributed by atoms with van der Waals surface area (Å²) < 4.78 is 6.99. The molecule has 0 spiro atoms. The molecular weight excluding hydrogens is 282 g/mol. The summed E-state index contributed by atoms with van der Waals surface area (Å²) in [6.07, 6.45) is 2.67. The van der Waals surface area contributed by atoms with Crippen molar-refractivity contribution in [3.63, 3.8) is 0 Å². The minimum Gasteiger partial charge on any atom is -0.385 e. The summed E-state index contributed by atoms with van der Waals surface area (Å²) in [6, 6.07) is -0.00790. The van der Waals surface area contributed by atoms with Crippen molar-refractivity contribution in [2.75, 3.05) is 20.3 Å². The minimum atomic E-state index is -0.115. The molecule has 2 heterocycles. The number of aryl methyl sites for hydroxylation is 2. The Morgan fingerprint density at radius 3 is 3.00 bits per heavy atom. The Morgan fingerprint density at radius 2 is 2.27 bits per heavy atom. The van der Waals surface area contributed by atoms with E-state index >= 15 is 0 Å². The van der Waals surface area contributed by atoms with E-state index in [0.717, 1.165) is 30.9 Å². The Bertz CT molecular complexity index is 512. The number of methoxy groups -OCH3 is 1. The zero-order chi connectivity index (χ0) is 16.2. The Hall–Kier alpha value is -1.63. The van der Waals surface area contributed by atoms with E-state index in [9.17, 15) is 4.79 Å². The topological polar surface area (TPSA) is 81.1 Å². The fourth-order valence-corrected chi connectivity index (χ4v) is 2.57. The second-order valence-corrected chi connectivity index (χ2v) is 6.73. The van der Waals surface area contributed by atoms with Crippen molar-refractivity contribution >= 4 is 6.03 Å². The summed E-state index contributed by atoms with van der Waals surface area (Å²) in [6.45, 7) is 8.16. The molecule has 2 rings (SSSR count). The molecule has 7 heteroatoms. The highest BCUT2D eigenvalue weighted by molar-refractivity contribution is 5.74. The largest absolute Gasteiger partial charge is 0.385 e. The van der Waals surface area contributed by atoms with Gasteiger partial charge in [0, 0.05) is 26.7 Å². The van der Waals surface area contributed by atoms with Crippen LogP contribution in [0.4, 0.5) is 4.79 Å². The van der Waals surface area contributed by atoms with Crippen LogP contribution in [0.5, 0.6) is 0 Å². The number of nitrogens with zero attached hydrogens (tertiary/aromatic N) is 3. The van der Waals surface area contributed by atoms with Crippen LogP contribution >= 0.6 is 0 Å². The van der Waals surface area contributed by atoms with Gasteiger partial charge in [-0.15, -0.1) is 0 Å². The molecule has 1 atom stereocenters. The lowest BCUT2D eigenvalue weighted by Gasteiger charge is -2.27. The number of hydrogen-bond donors (Lipinski definition) is 2. The van der Waals surface area contributed by atoms with Gasteiger partial charge in [-0.3, -0.25) is 0 Å². The molecule has 0 aliphatic carbocycles. The summed E-state index contributed by atoms with van der Waals surface area (Å²) in [4.78, 5) is 16.4. The summed E-state index contributed by atoms with van der Waals surface area (Å²) in [5.41, 5.74) is 0.0239. The van der Waals surface area contributed by atoms with Gasteiger partial charge in [-0.05, 0) is 25.2 Å². The second-order valence-electron chi connectivity index (χ2n) is 6.73. The van der Waals surface area contributed by atoms with Gasteiger partial charge in [-0.2, -0.15) is 5.10 Å². The quantitative estimate of drug-likeness (QED) is 0.829. The highest BCUT2D eigenvalue weighted by atomic mass is 16.5. The van der Waals surface area contributed by atoms with Crippen LogP contribution in [0, 0.1) is 12.3 Å². The maximum atomic E-state index is 12.1. The number of hydrogen-bond acceptors (Lipinski definition) is 4. The van der Waals surface area contributed by atoms with E-state index in [1.807, 2.05) is 11.6 Å². The molecule has 7 nitrogen and oxygen atoms in total. The predicted molar refractivity (Wildman–Crippen MR) is 83.7 cm³/mol. The molecule has 1 aromatic rings. The summed E-state index contributed by atoms with van der Waals surface area (Å²) in [7, 11) is 1.69. The maximum Gasteiger partial charge on any atom is 0.315 e. The van der Waals surface area contributed by atoms with Crippen LogP contribution in [0.25, 0.3) is 0 Å². The van der Waals surface area contributed by atoms with E-state index in [4.69, 9.17) is 4.74 Å². The lowest BCUT2D eigenvalue weighted by Crippen LogP contribution is -2.48. The monoisotopic (exact) mass is 309 g/mol. The third kappa shape index (κ3) is 4.69. The van der Waals surface area contributed by atoms with E-state index < -0.39 is 0 Å². The molecule has 1 aromatic heterocycles. The highest BCUT2D eigenvalue weighted by Gasteiger charge is 2.23. The first kappa shape index (κ1) is 16.7. The molecule has 0 radical (unpaired) electrons. The number of amides is 2. The number of nitrogens with one attached hydrogen (secondary N) is 2. The van der Waals surface area contributed by atoms with Gasteiger partial charge in [0.25, 0.3) is 0 Å². The van der Waals surface area contributed by atoms with E-state index in [2.05, 4.69) is 34.6 Å². The first-order chi connectivity index (χ1) is 10.4.